The van der Waals surface area contributed by atoms with Crippen LogP contribution in [-0.2, 0) is 0 Å². The summed E-state index contributed by atoms with van der Waals surface area (Å²) in [5.41, 5.74) is 1.29. The number of hydrogen-bond acceptors (Lipinski definition) is 4. The molecule has 1 atom stereocenters. The quantitative estimate of drug-likeness (QED) is 0.473. The van der Waals surface area contributed by atoms with Crippen LogP contribution in [0.25, 0.3) is 0 Å². The zero-order valence-electron chi connectivity index (χ0n) is 5.52. The second kappa shape index (κ2) is 3.17. The van der Waals surface area contributed by atoms with Gasteiger partial charge in [0.15, 0.2) is 0 Å². The molecule has 0 radical (unpaired) electrons. The average molecular weight is 218 g/mol. The van der Waals surface area contributed by atoms with Crippen LogP contribution in [0.3, 0.4) is 0 Å². The van der Waals surface area contributed by atoms with E-state index in [0.717, 1.165) is 4.91 Å². The van der Waals surface area contributed by atoms with Gasteiger partial charge in [-0.3, -0.25) is 0 Å². The number of thiol groups is 2. The minimum atomic E-state index is 0.252. The highest BCUT2D eigenvalue weighted by Crippen LogP contribution is 2.48. The summed E-state index contributed by atoms with van der Waals surface area (Å²) in [7, 11) is 3.49. The van der Waals surface area contributed by atoms with E-state index in [1.54, 1.807) is 21.6 Å². The molecule has 0 aromatic rings. The van der Waals surface area contributed by atoms with Crippen molar-refractivity contribution in [3.05, 3.63) is 32.9 Å². The molecule has 0 N–H and O–H groups in total. The van der Waals surface area contributed by atoms with Crippen molar-refractivity contribution in [2.24, 2.45) is 0 Å². The van der Waals surface area contributed by atoms with Crippen molar-refractivity contribution < 1.29 is 0 Å². The minimum Gasteiger partial charge on any atom is -0.167 e. The van der Waals surface area contributed by atoms with E-state index in [0.29, 0.717) is 0 Å². The summed E-state index contributed by atoms with van der Waals surface area (Å²) in [6.45, 7) is 0. The zero-order chi connectivity index (χ0) is 7.84. The van der Waals surface area contributed by atoms with Crippen LogP contribution in [0.4, 0.5) is 0 Å². The molecular formula is C7H6S4. The van der Waals surface area contributed by atoms with E-state index in [9.17, 15) is 0 Å². The Balaban J connectivity index is 2.42. The van der Waals surface area contributed by atoms with Crippen LogP contribution in [0.2, 0.25) is 0 Å². The zero-order valence-corrected chi connectivity index (χ0v) is 8.94. The SMILES string of the molecule is SC1=CC(S)C2=C1SSC=C2. The highest BCUT2D eigenvalue weighted by Gasteiger charge is 2.22. The molecule has 1 aliphatic carbocycles. The Morgan fingerprint density at radius 1 is 1.45 bits per heavy atom. The number of allylic oxidation sites excluding steroid dienone is 1. The molecule has 4 heteroatoms. The predicted octanol–water partition coefficient (Wildman–Crippen LogP) is 3.27. The van der Waals surface area contributed by atoms with Crippen molar-refractivity contribution in [3.63, 3.8) is 0 Å². The first-order valence-corrected chi connectivity index (χ1v) is 6.30. The molecule has 11 heavy (non-hydrogen) atoms. The summed E-state index contributed by atoms with van der Waals surface area (Å²) < 4.78 is 0. The van der Waals surface area contributed by atoms with E-state index in [1.165, 1.54) is 10.5 Å². The Hall–Kier alpha value is 0.620. The highest BCUT2D eigenvalue weighted by atomic mass is 33.1. The van der Waals surface area contributed by atoms with Gasteiger partial charge >= 0.3 is 0 Å². The molecule has 0 fully saturated rings. The molecule has 1 aliphatic heterocycles. The smallest absolute Gasteiger partial charge is 0.0473 e. The molecule has 0 saturated carbocycles. The topological polar surface area (TPSA) is 0 Å². The van der Waals surface area contributed by atoms with Crippen LogP contribution < -0.4 is 0 Å². The lowest BCUT2D eigenvalue weighted by molar-refractivity contribution is 1.37. The summed E-state index contributed by atoms with van der Waals surface area (Å²) in [6, 6.07) is 0. The first kappa shape index (κ1) is 8.23. The summed E-state index contributed by atoms with van der Waals surface area (Å²) >= 11 is 8.78. The van der Waals surface area contributed by atoms with Crippen LogP contribution >= 0.6 is 46.8 Å². The van der Waals surface area contributed by atoms with Crippen LogP contribution in [0.1, 0.15) is 0 Å². The van der Waals surface area contributed by atoms with Crippen molar-refractivity contribution in [3.8, 4) is 0 Å². The second-order valence-corrected chi connectivity index (χ2v) is 5.42. The fourth-order valence-corrected chi connectivity index (χ4v) is 4.19. The van der Waals surface area contributed by atoms with Crippen LogP contribution in [0, 0.1) is 0 Å². The van der Waals surface area contributed by atoms with Gasteiger partial charge in [-0.1, -0.05) is 27.7 Å². The Morgan fingerprint density at radius 3 is 3.00 bits per heavy atom. The Bertz CT molecular complexity index is 274. The maximum Gasteiger partial charge on any atom is 0.0473 e. The van der Waals surface area contributed by atoms with Gasteiger partial charge in [0, 0.05) is 15.1 Å². The van der Waals surface area contributed by atoms with E-state index in [-0.39, 0.29) is 5.25 Å². The third-order valence-electron chi connectivity index (χ3n) is 1.56. The van der Waals surface area contributed by atoms with E-state index in [4.69, 9.17) is 0 Å². The van der Waals surface area contributed by atoms with Crippen molar-refractivity contribution in [2.45, 2.75) is 5.25 Å². The fraction of sp³-hybridized carbons (Fsp3) is 0.143. The van der Waals surface area contributed by atoms with Gasteiger partial charge in [0.2, 0.25) is 0 Å². The van der Waals surface area contributed by atoms with E-state index in [2.05, 4.69) is 42.8 Å². The van der Waals surface area contributed by atoms with Gasteiger partial charge in [-0.15, -0.1) is 12.6 Å². The van der Waals surface area contributed by atoms with Gasteiger partial charge in [0.1, 0.15) is 0 Å². The van der Waals surface area contributed by atoms with Crippen molar-refractivity contribution in [2.75, 3.05) is 0 Å². The molecule has 1 heterocycles. The third kappa shape index (κ3) is 1.41. The minimum absolute atomic E-state index is 0.252. The molecule has 0 aromatic heterocycles. The second-order valence-electron chi connectivity index (χ2n) is 2.26. The Kier molecular flexibility index (Phi) is 2.37. The van der Waals surface area contributed by atoms with E-state index in [1.807, 2.05) is 0 Å². The molecule has 1 unspecified atom stereocenters. The largest absolute Gasteiger partial charge is 0.167 e. The normalized spacial score (nSPS) is 28.9. The molecule has 0 bridgehead atoms. The van der Waals surface area contributed by atoms with E-state index < -0.39 is 0 Å². The summed E-state index contributed by atoms with van der Waals surface area (Å²) in [4.78, 5) is 2.35. The molecular weight excluding hydrogens is 212 g/mol. The van der Waals surface area contributed by atoms with Gasteiger partial charge in [-0.05, 0) is 17.1 Å². The lowest BCUT2D eigenvalue weighted by Crippen LogP contribution is -1.93. The van der Waals surface area contributed by atoms with Gasteiger partial charge in [0.25, 0.3) is 0 Å². The average Bonchev–Trinajstić information content (AvgIpc) is 2.30. The first-order valence-electron chi connectivity index (χ1n) is 3.12. The lowest BCUT2D eigenvalue weighted by atomic mass is 10.2. The van der Waals surface area contributed by atoms with Crippen molar-refractivity contribution >= 4 is 46.8 Å². The van der Waals surface area contributed by atoms with Crippen molar-refractivity contribution in [1.29, 1.82) is 0 Å². The maximum absolute atomic E-state index is 4.42. The molecule has 0 spiro atoms. The van der Waals surface area contributed by atoms with Crippen molar-refractivity contribution in [1.82, 2.24) is 0 Å². The Labute approximate surface area is 84.8 Å². The molecule has 2 rings (SSSR count). The van der Waals surface area contributed by atoms with E-state index >= 15 is 0 Å². The first-order chi connectivity index (χ1) is 5.29. The summed E-state index contributed by atoms with van der Waals surface area (Å²) in [5.74, 6) is 0. The predicted molar refractivity (Wildman–Crippen MR) is 61.2 cm³/mol. The third-order valence-corrected chi connectivity index (χ3v) is 4.60. The van der Waals surface area contributed by atoms with Crippen LogP contribution in [0.5, 0.6) is 0 Å². The monoisotopic (exact) mass is 218 g/mol. The van der Waals surface area contributed by atoms with Crippen LogP contribution in [-0.4, -0.2) is 5.25 Å². The standard InChI is InChI=1S/C7H6S4/c8-5-3-6(9)7-4(5)1-2-10-11-7/h1-3,5,8-9H. The molecule has 2 aliphatic rings. The molecule has 0 aromatic carbocycles. The van der Waals surface area contributed by atoms with Gasteiger partial charge in [0.05, 0.1) is 0 Å². The summed E-state index contributed by atoms with van der Waals surface area (Å²) in [6.07, 6.45) is 4.19. The number of rotatable bonds is 0. The lowest BCUT2D eigenvalue weighted by Gasteiger charge is -2.09. The molecule has 58 valence electrons. The summed E-state index contributed by atoms with van der Waals surface area (Å²) in [5, 5.41) is 2.34. The highest BCUT2D eigenvalue weighted by molar-refractivity contribution is 8.79. The van der Waals surface area contributed by atoms with Crippen LogP contribution in [0.15, 0.2) is 32.9 Å². The van der Waals surface area contributed by atoms with Gasteiger partial charge < -0.3 is 0 Å². The number of hydrogen-bond donors (Lipinski definition) is 2. The molecule has 0 amide bonds. The molecule has 0 saturated heterocycles. The fourth-order valence-electron chi connectivity index (χ4n) is 1.04. The maximum atomic E-state index is 4.42. The molecule has 0 nitrogen and oxygen atoms in total. The van der Waals surface area contributed by atoms with Gasteiger partial charge in [-0.2, -0.15) is 12.6 Å². The van der Waals surface area contributed by atoms with Gasteiger partial charge in [-0.25, -0.2) is 0 Å². The Morgan fingerprint density at radius 2 is 2.27 bits per heavy atom.